The first-order chi connectivity index (χ1) is 10.5. The molecular formula is C12H12F4NO5P. The van der Waals surface area contributed by atoms with Crippen LogP contribution in [0.15, 0.2) is 24.3 Å². The summed E-state index contributed by atoms with van der Waals surface area (Å²) in [6.45, 7) is 0.294. The number of alkyl halides is 4. The number of non-ortho nitro benzene ring substituents is 1. The molecule has 0 aromatic heterocycles. The van der Waals surface area contributed by atoms with E-state index in [0.29, 0.717) is 6.07 Å². The van der Waals surface area contributed by atoms with Crippen LogP contribution in [0.1, 0.15) is 12.5 Å². The van der Waals surface area contributed by atoms with Crippen LogP contribution in [0.4, 0.5) is 23.2 Å². The van der Waals surface area contributed by atoms with Gasteiger partial charge in [0.1, 0.15) is 11.7 Å². The first-order valence-electron chi connectivity index (χ1n) is 6.36. The largest absolute Gasteiger partial charge is 0.385 e. The third-order valence-electron chi connectivity index (χ3n) is 3.53. The van der Waals surface area contributed by atoms with Crippen LogP contribution < -0.4 is 0 Å². The van der Waals surface area contributed by atoms with Crippen molar-refractivity contribution in [3.05, 3.63) is 39.9 Å². The van der Waals surface area contributed by atoms with E-state index in [4.69, 9.17) is 0 Å². The molecule has 11 heteroatoms. The van der Waals surface area contributed by atoms with E-state index >= 15 is 0 Å². The maximum absolute atomic E-state index is 14.4. The Morgan fingerprint density at radius 3 is 2.43 bits per heavy atom. The maximum Gasteiger partial charge on any atom is 0.368 e. The topological polar surface area (TPSA) is 93.0 Å². The SMILES string of the molecule is CC(O)P(=O)(C1CO1)C(F)(F)C(F)(F)c1cccc([N+](=O)[O-])c1. The maximum atomic E-state index is 14.4. The van der Waals surface area contributed by atoms with Gasteiger partial charge in [-0.05, 0) is 6.92 Å². The van der Waals surface area contributed by atoms with Crippen molar-refractivity contribution in [3.63, 3.8) is 0 Å². The molecule has 0 amide bonds. The molecule has 0 bridgehead atoms. The third-order valence-corrected chi connectivity index (χ3v) is 6.96. The number of aliphatic hydroxyl groups is 1. The second kappa shape index (κ2) is 5.54. The van der Waals surface area contributed by atoms with E-state index in [9.17, 15) is 37.3 Å². The zero-order chi connectivity index (χ0) is 17.6. The Balaban J connectivity index is 2.54. The molecule has 1 fully saturated rings. The Morgan fingerprint density at radius 2 is 2.00 bits per heavy atom. The minimum Gasteiger partial charge on any atom is -0.385 e. The summed E-state index contributed by atoms with van der Waals surface area (Å²) in [7, 11) is -5.20. The van der Waals surface area contributed by atoms with E-state index in [1.807, 2.05) is 0 Å². The molecule has 1 aliphatic heterocycles. The van der Waals surface area contributed by atoms with Gasteiger partial charge in [-0.3, -0.25) is 10.1 Å². The minimum atomic E-state index is -5.20. The Hall–Kier alpha value is -1.51. The highest BCUT2D eigenvalue weighted by molar-refractivity contribution is 7.66. The average molecular weight is 357 g/mol. The number of halogens is 4. The molecule has 1 N–H and O–H groups in total. The molecule has 1 heterocycles. The van der Waals surface area contributed by atoms with E-state index in [2.05, 4.69) is 4.74 Å². The van der Waals surface area contributed by atoms with E-state index < -0.39 is 53.2 Å². The van der Waals surface area contributed by atoms with Gasteiger partial charge in [-0.2, -0.15) is 17.6 Å². The highest BCUT2D eigenvalue weighted by Gasteiger charge is 2.74. The molecule has 1 saturated heterocycles. The van der Waals surface area contributed by atoms with Gasteiger partial charge in [-0.25, -0.2) is 0 Å². The summed E-state index contributed by atoms with van der Waals surface area (Å²) < 4.78 is 74.3. The number of epoxide rings is 1. The smallest absolute Gasteiger partial charge is 0.368 e. The Bertz CT molecular complexity index is 671. The summed E-state index contributed by atoms with van der Waals surface area (Å²) in [6.07, 6.45) is 0. The van der Waals surface area contributed by atoms with Crippen LogP contribution in [-0.2, 0) is 15.2 Å². The van der Waals surface area contributed by atoms with E-state index in [0.717, 1.165) is 19.1 Å². The van der Waals surface area contributed by atoms with Gasteiger partial charge in [0.05, 0.1) is 11.5 Å². The fourth-order valence-electron chi connectivity index (χ4n) is 2.13. The average Bonchev–Trinajstić information content (AvgIpc) is 3.30. The van der Waals surface area contributed by atoms with Crippen LogP contribution in [0.3, 0.4) is 0 Å². The molecule has 3 atom stereocenters. The van der Waals surface area contributed by atoms with Gasteiger partial charge in [0, 0.05) is 17.7 Å². The quantitative estimate of drug-likeness (QED) is 0.277. The summed E-state index contributed by atoms with van der Waals surface area (Å²) >= 11 is 0. The molecule has 1 aromatic carbocycles. The monoisotopic (exact) mass is 357 g/mol. The molecule has 0 saturated carbocycles. The fraction of sp³-hybridized carbons (Fsp3) is 0.500. The summed E-state index contributed by atoms with van der Waals surface area (Å²) in [4.78, 5) is 9.59. The lowest BCUT2D eigenvalue weighted by Gasteiger charge is -2.34. The fourth-order valence-corrected chi connectivity index (χ4v) is 4.54. The zero-order valence-electron chi connectivity index (χ0n) is 11.7. The normalized spacial score (nSPS) is 22.3. The van der Waals surface area contributed by atoms with Gasteiger partial charge in [-0.1, -0.05) is 12.1 Å². The first-order valence-corrected chi connectivity index (χ1v) is 8.20. The predicted molar refractivity (Wildman–Crippen MR) is 71.0 cm³/mol. The van der Waals surface area contributed by atoms with Crippen molar-refractivity contribution in [1.82, 2.24) is 0 Å². The molecule has 1 aliphatic rings. The molecule has 1 aromatic rings. The summed E-state index contributed by atoms with van der Waals surface area (Å²) in [6, 6.07) is 2.53. The molecule has 0 aliphatic carbocycles. The number of aliphatic hydroxyl groups excluding tert-OH is 1. The van der Waals surface area contributed by atoms with Gasteiger partial charge < -0.3 is 14.4 Å². The van der Waals surface area contributed by atoms with Crippen LogP contribution in [0.25, 0.3) is 0 Å². The van der Waals surface area contributed by atoms with Gasteiger partial charge in [0.15, 0.2) is 0 Å². The second-order valence-corrected chi connectivity index (χ2v) is 8.36. The number of nitro groups is 1. The molecule has 128 valence electrons. The molecule has 23 heavy (non-hydrogen) atoms. The lowest BCUT2D eigenvalue weighted by molar-refractivity contribution is -0.385. The van der Waals surface area contributed by atoms with Crippen LogP contribution >= 0.6 is 7.14 Å². The van der Waals surface area contributed by atoms with E-state index in [1.165, 1.54) is 0 Å². The van der Waals surface area contributed by atoms with E-state index in [-0.39, 0.29) is 6.07 Å². The standard InChI is InChI=1S/C12H12F4NO5P/c1-7(18)23(21,10-6-22-10)12(15,16)11(13,14)8-3-2-4-9(5-8)17(19)20/h2-5,7,10,18H,6H2,1H3. The van der Waals surface area contributed by atoms with E-state index in [1.54, 1.807) is 0 Å². The first kappa shape index (κ1) is 17.8. The number of rotatable bonds is 6. The van der Waals surface area contributed by atoms with Crippen LogP contribution in [0.2, 0.25) is 0 Å². The molecule has 0 radical (unpaired) electrons. The predicted octanol–water partition coefficient (Wildman–Crippen LogP) is 3.34. The highest BCUT2D eigenvalue weighted by atomic mass is 31.2. The second-order valence-electron chi connectivity index (χ2n) is 5.05. The van der Waals surface area contributed by atoms with Gasteiger partial charge in [-0.15, -0.1) is 0 Å². The Morgan fingerprint density at radius 1 is 1.43 bits per heavy atom. The minimum absolute atomic E-state index is 0.286. The number of benzene rings is 1. The lowest BCUT2D eigenvalue weighted by atomic mass is 10.1. The molecular weight excluding hydrogens is 345 g/mol. The summed E-state index contributed by atoms with van der Waals surface area (Å²) in [5, 5.41) is 20.0. The number of hydrogen-bond donors (Lipinski definition) is 1. The number of ether oxygens (including phenoxy) is 1. The summed E-state index contributed by atoms with van der Waals surface area (Å²) in [5.41, 5.74) is -7.31. The Labute approximate surface area is 127 Å². The van der Waals surface area contributed by atoms with Gasteiger partial charge in [0.2, 0.25) is 7.14 Å². The summed E-state index contributed by atoms with van der Waals surface area (Å²) in [5.74, 6) is -8.88. The van der Waals surface area contributed by atoms with Gasteiger partial charge >= 0.3 is 11.6 Å². The Kier molecular flexibility index (Phi) is 4.29. The number of nitrogens with zero attached hydrogens (tertiary/aromatic N) is 1. The van der Waals surface area contributed by atoms with Crippen molar-refractivity contribution >= 4 is 12.8 Å². The van der Waals surface area contributed by atoms with Crippen molar-refractivity contribution in [2.45, 2.75) is 30.2 Å². The number of hydrogen-bond acceptors (Lipinski definition) is 5. The highest BCUT2D eigenvalue weighted by Crippen LogP contribution is 2.75. The van der Waals surface area contributed by atoms with Crippen LogP contribution in [-0.4, -0.2) is 34.0 Å². The number of nitro benzene ring substituents is 1. The van der Waals surface area contributed by atoms with Crippen molar-refractivity contribution in [1.29, 1.82) is 0 Å². The van der Waals surface area contributed by atoms with Crippen molar-refractivity contribution in [2.75, 3.05) is 6.61 Å². The molecule has 0 spiro atoms. The lowest BCUT2D eigenvalue weighted by Crippen LogP contribution is -2.41. The zero-order valence-corrected chi connectivity index (χ0v) is 12.6. The van der Waals surface area contributed by atoms with Crippen molar-refractivity contribution < 1.29 is 36.9 Å². The molecule has 6 nitrogen and oxygen atoms in total. The molecule has 3 unspecified atom stereocenters. The van der Waals surface area contributed by atoms with Crippen LogP contribution in [0, 0.1) is 10.1 Å². The van der Waals surface area contributed by atoms with Crippen molar-refractivity contribution in [2.24, 2.45) is 0 Å². The van der Waals surface area contributed by atoms with Gasteiger partial charge in [0.25, 0.3) is 5.69 Å². The van der Waals surface area contributed by atoms with Crippen molar-refractivity contribution in [3.8, 4) is 0 Å². The van der Waals surface area contributed by atoms with Crippen LogP contribution in [0.5, 0.6) is 0 Å². The molecule has 2 rings (SSSR count). The third kappa shape index (κ3) is 2.64.